The average Bonchev–Trinajstić information content (AvgIpc) is 3.27. The third-order valence-electron chi connectivity index (χ3n) is 5.58. The first-order valence-electron chi connectivity index (χ1n) is 10.0. The van der Waals surface area contributed by atoms with Gasteiger partial charge in [0.2, 0.25) is 5.91 Å². The standard InChI is InChI=1S/C21H26N6O2/c1-14(28)23-12-15-8-10-27-19(11-15)16(13-24-27)21(29)22-9-7-20-25-17-5-3-4-6-18(17)26(20)2/h3-6,13,15H,7-12H2,1-2H3,(H,22,29)(H,23,28)/t15-/m0/s1. The minimum absolute atomic E-state index is 0.0241. The van der Waals surface area contributed by atoms with Crippen molar-refractivity contribution in [3.63, 3.8) is 0 Å². The molecule has 1 aromatic carbocycles. The molecule has 3 aromatic rings. The Balaban J connectivity index is 1.38. The largest absolute Gasteiger partial charge is 0.356 e. The zero-order valence-electron chi connectivity index (χ0n) is 16.8. The second-order valence-electron chi connectivity index (χ2n) is 7.61. The molecule has 4 rings (SSSR count). The fourth-order valence-electron chi connectivity index (χ4n) is 3.95. The Bertz CT molecular complexity index is 1050. The van der Waals surface area contributed by atoms with Gasteiger partial charge in [0.15, 0.2) is 0 Å². The molecule has 2 N–H and O–H groups in total. The zero-order chi connectivity index (χ0) is 20.4. The molecular weight excluding hydrogens is 368 g/mol. The molecule has 2 amide bonds. The lowest BCUT2D eigenvalue weighted by molar-refractivity contribution is -0.119. The van der Waals surface area contributed by atoms with Gasteiger partial charge in [-0.05, 0) is 30.9 Å². The van der Waals surface area contributed by atoms with E-state index in [1.54, 1.807) is 6.20 Å². The summed E-state index contributed by atoms with van der Waals surface area (Å²) in [5, 5.41) is 10.3. The van der Waals surface area contributed by atoms with Crippen molar-refractivity contribution in [1.82, 2.24) is 30.0 Å². The Hall–Kier alpha value is -3.16. The van der Waals surface area contributed by atoms with Crippen molar-refractivity contribution in [3.05, 3.63) is 47.5 Å². The molecule has 1 aliphatic heterocycles. The molecule has 152 valence electrons. The molecule has 0 bridgehead atoms. The summed E-state index contributed by atoms with van der Waals surface area (Å²) >= 11 is 0. The fraction of sp³-hybridized carbons (Fsp3) is 0.429. The van der Waals surface area contributed by atoms with E-state index in [4.69, 9.17) is 0 Å². The summed E-state index contributed by atoms with van der Waals surface area (Å²) in [4.78, 5) is 28.6. The Morgan fingerprint density at radius 1 is 1.24 bits per heavy atom. The molecule has 1 atom stereocenters. The molecule has 0 fully saturated rings. The highest BCUT2D eigenvalue weighted by Crippen LogP contribution is 2.22. The second-order valence-corrected chi connectivity index (χ2v) is 7.61. The summed E-state index contributed by atoms with van der Waals surface area (Å²) in [5.41, 5.74) is 3.63. The molecule has 2 aromatic heterocycles. The number of hydrogen-bond acceptors (Lipinski definition) is 4. The number of fused-ring (bicyclic) bond motifs is 2. The van der Waals surface area contributed by atoms with Crippen LogP contribution in [0.15, 0.2) is 30.5 Å². The van der Waals surface area contributed by atoms with Crippen molar-refractivity contribution in [2.24, 2.45) is 13.0 Å². The van der Waals surface area contributed by atoms with Crippen molar-refractivity contribution in [2.75, 3.05) is 13.1 Å². The summed E-state index contributed by atoms with van der Waals surface area (Å²) in [6.45, 7) is 3.44. The van der Waals surface area contributed by atoms with Gasteiger partial charge in [-0.2, -0.15) is 5.10 Å². The second kappa shape index (κ2) is 8.06. The first kappa shape index (κ1) is 19.2. The highest BCUT2D eigenvalue weighted by Gasteiger charge is 2.25. The van der Waals surface area contributed by atoms with Gasteiger partial charge in [0.25, 0.3) is 5.91 Å². The van der Waals surface area contributed by atoms with Crippen molar-refractivity contribution in [3.8, 4) is 0 Å². The molecule has 0 saturated heterocycles. The van der Waals surface area contributed by atoms with Crippen LogP contribution in [-0.2, 0) is 31.2 Å². The van der Waals surface area contributed by atoms with E-state index >= 15 is 0 Å². The van der Waals surface area contributed by atoms with Gasteiger partial charge >= 0.3 is 0 Å². The van der Waals surface area contributed by atoms with Gasteiger partial charge in [-0.3, -0.25) is 14.3 Å². The van der Waals surface area contributed by atoms with Gasteiger partial charge < -0.3 is 15.2 Å². The van der Waals surface area contributed by atoms with E-state index in [9.17, 15) is 9.59 Å². The Kier molecular flexibility index (Phi) is 5.33. The summed E-state index contributed by atoms with van der Waals surface area (Å²) in [6, 6.07) is 8.01. The zero-order valence-corrected chi connectivity index (χ0v) is 16.8. The van der Waals surface area contributed by atoms with E-state index in [-0.39, 0.29) is 11.8 Å². The van der Waals surface area contributed by atoms with Crippen LogP contribution < -0.4 is 10.6 Å². The van der Waals surface area contributed by atoms with Gasteiger partial charge in [-0.15, -0.1) is 0 Å². The maximum absolute atomic E-state index is 12.7. The van der Waals surface area contributed by atoms with Crippen LogP contribution >= 0.6 is 0 Å². The van der Waals surface area contributed by atoms with Crippen LogP contribution in [0.4, 0.5) is 0 Å². The number of aryl methyl sites for hydroxylation is 2. The predicted molar refractivity (Wildman–Crippen MR) is 109 cm³/mol. The van der Waals surface area contributed by atoms with Crippen LogP contribution in [0.25, 0.3) is 11.0 Å². The van der Waals surface area contributed by atoms with Crippen molar-refractivity contribution >= 4 is 22.8 Å². The maximum Gasteiger partial charge on any atom is 0.254 e. The SMILES string of the molecule is CC(=O)NC[C@H]1CCn2ncc(C(=O)NCCc3nc4ccccc4n3C)c2C1. The van der Waals surface area contributed by atoms with Crippen molar-refractivity contribution < 1.29 is 9.59 Å². The van der Waals surface area contributed by atoms with Gasteiger partial charge in [-0.25, -0.2) is 4.98 Å². The molecule has 1 aliphatic rings. The number of hydrogen-bond donors (Lipinski definition) is 2. The molecule has 29 heavy (non-hydrogen) atoms. The first-order chi connectivity index (χ1) is 14.0. The topological polar surface area (TPSA) is 93.8 Å². The molecule has 0 saturated carbocycles. The van der Waals surface area contributed by atoms with E-state index < -0.39 is 0 Å². The summed E-state index contributed by atoms with van der Waals surface area (Å²) < 4.78 is 3.97. The highest BCUT2D eigenvalue weighted by molar-refractivity contribution is 5.95. The number of imidazole rings is 1. The molecule has 0 radical (unpaired) electrons. The van der Waals surface area contributed by atoms with E-state index in [1.807, 2.05) is 36.0 Å². The molecule has 0 aliphatic carbocycles. The Morgan fingerprint density at radius 3 is 2.86 bits per heavy atom. The fourth-order valence-corrected chi connectivity index (χ4v) is 3.95. The number of amides is 2. The lowest BCUT2D eigenvalue weighted by Gasteiger charge is -2.24. The van der Waals surface area contributed by atoms with Gasteiger partial charge in [0, 0.05) is 40.0 Å². The summed E-state index contributed by atoms with van der Waals surface area (Å²) in [7, 11) is 2.00. The number of para-hydroxylation sites is 2. The molecule has 8 nitrogen and oxygen atoms in total. The monoisotopic (exact) mass is 394 g/mol. The first-order valence-corrected chi connectivity index (χ1v) is 10.0. The average molecular weight is 394 g/mol. The third-order valence-corrected chi connectivity index (χ3v) is 5.58. The lowest BCUT2D eigenvalue weighted by Crippen LogP contribution is -2.33. The Labute approximate surface area is 169 Å². The molecular formula is C21H26N6O2. The van der Waals surface area contributed by atoms with Crippen LogP contribution in [0.5, 0.6) is 0 Å². The normalized spacial score (nSPS) is 15.9. The maximum atomic E-state index is 12.7. The molecule has 3 heterocycles. The number of nitrogens with one attached hydrogen (secondary N) is 2. The minimum Gasteiger partial charge on any atom is -0.356 e. The van der Waals surface area contributed by atoms with Gasteiger partial charge in [0.1, 0.15) is 5.82 Å². The van der Waals surface area contributed by atoms with Crippen LogP contribution in [0.3, 0.4) is 0 Å². The quantitative estimate of drug-likeness (QED) is 0.662. The Morgan fingerprint density at radius 2 is 2.07 bits per heavy atom. The predicted octanol–water partition coefficient (Wildman–Crippen LogP) is 1.44. The smallest absolute Gasteiger partial charge is 0.254 e. The van der Waals surface area contributed by atoms with Crippen molar-refractivity contribution in [1.29, 1.82) is 0 Å². The number of benzene rings is 1. The van der Waals surface area contributed by atoms with Gasteiger partial charge in [-0.1, -0.05) is 12.1 Å². The van der Waals surface area contributed by atoms with E-state index in [2.05, 4.69) is 25.3 Å². The number of nitrogens with zero attached hydrogens (tertiary/aromatic N) is 4. The van der Waals surface area contributed by atoms with Gasteiger partial charge in [0.05, 0.1) is 28.5 Å². The van der Waals surface area contributed by atoms with E-state index in [0.717, 1.165) is 41.9 Å². The van der Waals surface area contributed by atoms with Crippen molar-refractivity contribution in [2.45, 2.75) is 32.7 Å². The van der Waals surface area contributed by atoms with Crippen LogP contribution in [0.1, 0.15) is 35.2 Å². The minimum atomic E-state index is -0.106. The lowest BCUT2D eigenvalue weighted by atomic mass is 9.94. The number of carbonyl (C=O) groups is 2. The van der Waals surface area contributed by atoms with E-state index in [0.29, 0.717) is 31.0 Å². The molecule has 8 heteroatoms. The third kappa shape index (κ3) is 4.01. The molecule has 0 unspecified atom stereocenters. The number of rotatable bonds is 6. The van der Waals surface area contributed by atoms with E-state index in [1.165, 1.54) is 6.92 Å². The number of aromatic nitrogens is 4. The highest BCUT2D eigenvalue weighted by atomic mass is 16.2. The molecule has 0 spiro atoms. The number of carbonyl (C=O) groups excluding carboxylic acids is 2. The van der Waals surface area contributed by atoms with Crippen LogP contribution in [0, 0.1) is 5.92 Å². The van der Waals surface area contributed by atoms with Crippen LogP contribution in [0.2, 0.25) is 0 Å². The summed E-state index contributed by atoms with van der Waals surface area (Å²) in [5.74, 6) is 1.14. The van der Waals surface area contributed by atoms with Crippen LogP contribution in [-0.4, -0.2) is 44.2 Å². The summed E-state index contributed by atoms with van der Waals surface area (Å²) in [6.07, 6.45) is 4.00.